The standard InChI is InChI=1S/C81H57N5/c1-80(2,3)50-41-62-63-45-71-74(82-79(63)86-75(62)64(42-50)73-55-28-16-14-22-47(55)38-59(78(73)86)49-34-36-70-61(40-49)57-30-18-20-32-68(57)84(70)53-25-11-8-12-26-53)66-44-51(81(4,5)6)43-65-72-54-27-15-13-21-46(54)37-58(77(72)85(71)76(65)66)48-33-35-69-60(39-48)56-29-17-19-31-67(56)83(69)52-23-9-7-10-24-52/h7-45H,1-6H3. The predicted octanol–water partition coefficient (Wildman–Crippen LogP) is 21.8. The van der Waals surface area contributed by atoms with E-state index >= 15 is 0 Å². The van der Waals surface area contributed by atoms with Crippen LogP contribution in [0, 0.1) is 0 Å². The fourth-order valence-corrected chi connectivity index (χ4v) is 15.4. The molecule has 0 unspecified atom stereocenters. The summed E-state index contributed by atoms with van der Waals surface area (Å²) in [5.74, 6) is 0. The summed E-state index contributed by atoms with van der Waals surface area (Å²) >= 11 is 0. The summed E-state index contributed by atoms with van der Waals surface area (Å²) in [5.41, 5.74) is 22.2. The molecular formula is C81H57N5. The molecule has 0 bridgehead atoms. The highest BCUT2D eigenvalue weighted by Gasteiger charge is 2.31. The Bertz CT molecular complexity index is 5750. The normalized spacial score (nSPS) is 13.0. The average Bonchev–Trinajstić information content (AvgIpc) is 1.54. The van der Waals surface area contributed by atoms with Gasteiger partial charge in [-0.15, -0.1) is 0 Å². The third-order valence-corrected chi connectivity index (χ3v) is 19.4. The van der Waals surface area contributed by atoms with Crippen LogP contribution in [0.15, 0.2) is 237 Å². The summed E-state index contributed by atoms with van der Waals surface area (Å²) in [6.07, 6.45) is 0. The van der Waals surface area contributed by atoms with Crippen LogP contribution in [-0.4, -0.2) is 22.9 Å². The molecule has 7 heterocycles. The molecule has 0 N–H and O–H groups in total. The first-order chi connectivity index (χ1) is 41.9. The van der Waals surface area contributed by atoms with Crippen molar-refractivity contribution in [1.82, 2.24) is 22.9 Å². The van der Waals surface area contributed by atoms with E-state index in [0.29, 0.717) is 0 Å². The maximum Gasteiger partial charge on any atom is 0.146 e. The molecule has 0 saturated carbocycles. The van der Waals surface area contributed by atoms with Gasteiger partial charge in [-0.1, -0.05) is 175 Å². The van der Waals surface area contributed by atoms with Gasteiger partial charge in [0, 0.05) is 81.8 Å². The van der Waals surface area contributed by atoms with Crippen molar-refractivity contribution in [3.05, 3.63) is 248 Å². The van der Waals surface area contributed by atoms with Gasteiger partial charge < -0.3 is 13.5 Å². The highest BCUT2D eigenvalue weighted by molar-refractivity contribution is 6.34. The number of pyridine rings is 1. The molecule has 19 aromatic rings. The van der Waals surface area contributed by atoms with Crippen molar-refractivity contribution in [2.45, 2.75) is 52.4 Å². The number of para-hydroxylation sites is 4. The molecule has 86 heavy (non-hydrogen) atoms. The summed E-state index contributed by atoms with van der Waals surface area (Å²) in [6.45, 7) is 14.1. The van der Waals surface area contributed by atoms with E-state index < -0.39 is 0 Å². The van der Waals surface area contributed by atoms with Crippen molar-refractivity contribution >= 4 is 142 Å². The molecule has 0 saturated heterocycles. The van der Waals surface area contributed by atoms with Crippen molar-refractivity contribution in [3.8, 4) is 33.6 Å². The molecule has 5 nitrogen and oxygen atoms in total. The molecule has 0 amide bonds. The minimum Gasteiger partial charge on any atom is -0.309 e. The van der Waals surface area contributed by atoms with Crippen molar-refractivity contribution in [3.63, 3.8) is 0 Å². The molecule has 0 aliphatic heterocycles. The first kappa shape index (κ1) is 47.9. The average molecular weight is 1100 g/mol. The van der Waals surface area contributed by atoms with Crippen LogP contribution in [0.25, 0.3) is 175 Å². The van der Waals surface area contributed by atoms with Crippen molar-refractivity contribution in [2.24, 2.45) is 0 Å². The molecule has 0 atom stereocenters. The van der Waals surface area contributed by atoms with Crippen LogP contribution in [0.3, 0.4) is 0 Å². The minimum absolute atomic E-state index is 0.135. The number of benzene rings is 12. The largest absolute Gasteiger partial charge is 0.309 e. The van der Waals surface area contributed by atoms with Gasteiger partial charge in [0.2, 0.25) is 0 Å². The van der Waals surface area contributed by atoms with Crippen LogP contribution in [0.1, 0.15) is 52.7 Å². The van der Waals surface area contributed by atoms with Gasteiger partial charge in [-0.05, 0) is 158 Å². The molecule has 0 spiro atoms. The van der Waals surface area contributed by atoms with Gasteiger partial charge in [-0.25, -0.2) is 4.98 Å². The van der Waals surface area contributed by atoms with Gasteiger partial charge in [0.15, 0.2) is 0 Å². The Labute approximate surface area is 495 Å². The topological polar surface area (TPSA) is 31.6 Å². The molecule has 0 aliphatic carbocycles. The second-order valence-electron chi connectivity index (χ2n) is 26.3. The molecule has 12 aromatic carbocycles. The van der Waals surface area contributed by atoms with Crippen molar-refractivity contribution in [1.29, 1.82) is 0 Å². The van der Waals surface area contributed by atoms with E-state index in [0.717, 1.165) is 33.4 Å². The summed E-state index contributed by atoms with van der Waals surface area (Å²) in [4.78, 5) is 6.18. The van der Waals surface area contributed by atoms with Crippen LogP contribution >= 0.6 is 0 Å². The minimum atomic E-state index is -0.142. The van der Waals surface area contributed by atoms with E-state index in [4.69, 9.17) is 4.98 Å². The van der Waals surface area contributed by atoms with E-state index in [9.17, 15) is 0 Å². The smallest absolute Gasteiger partial charge is 0.146 e. The van der Waals surface area contributed by atoms with E-state index in [1.54, 1.807) is 0 Å². The van der Waals surface area contributed by atoms with Crippen molar-refractivity contribution < 1.29 is 0 Å². The number of hydrogen-bond acceptors (Lipinski definition) is 1. The van der Waals surface area contributed by atoms with E-state index in [1.807, 2.05) is 0 Å². The maximum atomic E-state index is 6.18. The Kier molecular flexibility index (Phi) is 9.28. The summed E-state index contributed by atoms with van der Waals surface area (Å²) in [7, 11) is 0. The van der Waals surface area contributed by atoms with Crippen LogP contribution in [-0.2, 0) is 10.8 Å². The summed E-state index contributed by atoms with van der Waals surface area (Å²) < 4.78 is 10.0. The summed E-state index contributed by atoms with van der Waals surface area (Å²) in [5, 5.41) is 18.6. The van der Waals surface area contributed by atoms with E-state index in [-0.39, 0.29) is 10.8 Å². The Morgan fingerprint density at radius 3 is 1.22 bits per heavy atom. The van der Waals surface area contributed by atoms with Gasteiger partial charge in [0.05, 0.1) is 55.2 Å². The third-order valence-electron chi connectivity index (χ3n) is 19.4. The van der Waals surface area contributed by atoms with Crippen LogP contribution in [0.4, 0.5) is 0 Å². The number of fused-ring (bicyclic) bond motifs is 22. The monoisotopic (exact) mass is 1100 g/mol. The highest BCUT2D eigenvalue weighted by atomic mass is 15.0. The lowest BCUT2D eigenvalue weighted by molar-refractivity contribution is 0.591. The number of rotatable bonds is 4. The zero-order valence-corrected chi connectivity index (χ0v) is 48.8. The molecular weight excluding hydrogens is 1040 g/mol. The SMILES string of the molecule is CC(C)(C)c1cc2c3nc4c(cc3n3c5c(-c6ccc7c(c6)c6ccccc6n7-c6ccccc6)cc6ccccc6c5c(c1)c23)c1cc(C(C)(C)C)cc2c3c5ccccc5cc(-c5ccc6c(c5)c5ccccc5n6-c5ccccc5)c3n4c12. The Balaban J connectivity index is 0.965. The number of nitrogens with zero attached hydrogens (tertiary/aromatic N) is 5. The van der Waals surface area contributed by atoms with Crippen LogP contribution < -0.4 is 0 Å². The second-order valence-corrected chi connectivity index (χ2v) is 26.3. The highest BCUT2D eigenvalue weighted by Crippen LogP contribution is 2.52. The molecule has 5 heteroatoms. The van der Waals surface area contributed by atoms with Gasteiger partial charge in [0.1, 0.15) is 5.65 Å². The van der Waals surface area contributed by atoms with E-state index in [1.165, 1.54) is 153 Å². The van der Waals surface area contributed by atoms with Crippen LogP contribution in [0.2, 0.25) is 0 Å². The first-order valence-corrected chi connectivity index (χ1v) is 30.3. The lowest BCUT2D eigenvalue weighted by atomic mass is 9.85. The zero-order chi connectivity index (χ0) is 57.2. The molecule has 19 rings (SSSR count). The predicted molar refractivity (Wildman–Crippen MR) is 366 cm³/mol. The van der Waals surface area contributed by atoms with Crippen LogP contribution in [0.5, 0.6) is 0 Å². The first-order valence-electron chi connectivity index (χ1n) is 30.3. The molecule has 7 aromatic heterocycles. The number of aromatic nitrogens is 5. The second kappa shape index (κ2) is 16.6. The van der Waals surface area contributed by atoms with Gasteiger partial charge in [-0.2, -0.15) is 0 Å². The van der Waals surface area contributed by atoms with Gasteiger partial charge in [0.25, 0.3) is 0 Å². The molecule has 0 radical (unpaired) electrons. The lowest BCUT2D eigenvalue weighted by Gasteiger charge is -2.19. The quantitative estimate of drug-likeness (QED) is 0.173. The molecule has 406 valence electrons. The van der Waals surface area contributed by atoms with E-state index in [2.05, 4.69) is 296 Å². The maximum absolute atomic E-state index is 6.18. The Morgan fingerprint density at radius 2 is 0.709 bits per heavy atom. The third kappa shape index (κ3) is 6.31. The van der Waals surface area contributed by atoms with Gasteiger partial charge >= 0.3 is 0 Å². The molecule has 0 aliphatic rings. The molecule has 0 fully saturated rings. The fraction of sp³-hybridized carbons (Fsp3) is 0.0988. The van der Waals surface area contributed by atoms with Crippen molar-refractivity contribution in [2.75, 3.05) is 0 Å². The Hall–Kier alpha value is -10.5. The Morgan fingerprint density at radius 1 is 0.291 bits per heavy atom. The fourth-order valence-electron chi connectivity index (χ4n) is 15.4. The zero-order valence-electron chi connectivity index (χ0n) is 48.8. The van der Waals surface area contributed by atoms with Gasteiger partial charge in [-0.3, -0.25) is 4.40 Å². The lowest BCUT2D eigenvalue weighted by Crippen LogP contribution is -2.10. The number of hydrogen-bond donors (Lipinski definition) is 0. The summed E-state index contributed by atoms with van der Waals surface area (Å²) in [6, 6.07) is 89.1.